The van der Waals surface area contributed by atoms with E-state index in [1.807, 2.05) is 11.0 Å². The van der Waals surface area contributed by atoms with Crippen LogP contribution in [-0.2, 0) is 11.8 Å². The van der Waals surface area contributed by atoms with Gasteiger partial charge < -0.3 is 14.4 Å². The highest BCUT2D eigenvalue weighted by atomic mass is 16.2. The predicted molar refractivity (Wildman–Crippen MR) is 104 cm³/mol. The van der Waals surface area contributed by atoms with Gasteiger partial charge in [0.1, 0.15) is 0 Å². The van der Waals surface area contributed by atoms with Crippen LogP contribution in [-0.4, -0.2) is 59.5 Å². The number of amides is 1. The van der Waals surface area contributed by atoms with Gasteiger partial charge >= 0.3 is 0 Å². The summed E-state index contributed by atoms with van der Waals surface area (Å²) in [5.74, 6) is 0.277. The molecule has 1 aromatic heterocycles. The van der Waals surface area contributed by atoms with Crippen molar-refractivity contribution in [3.8, 4) is 0 Å². The standard InChI is InChI=1S/C21H28N4O/c1-22-11-5-9-19(22)20-10-6-12-25(20)17-21(26)24-15-13-23(14-16-24)18-7-3-2-4-8-18/h2-5,7-9,11,20H,6,10,12-17H2,1H3/t20-/m0/s1. The van der Waals surface area contributed by atoms with Gasteiger partial charge in [0.2, 0.25) is 5.91 Å². The molecule has 0 unspecified atom stereocenters. The van der Waals surface area contributed by atoms with Crippen LogP contribution >= 0.6 is 0 Å². The van der Waals surface area contributed by atoms with Crippen LogP contribution in [0.25, 0.3) is 0 Å². The summed E-state index contributed by atoms with van der Waals surface area (Å²) in [4.78, 5) is 19.6. The first kappa shape index (κ1) is 17.2. The van der Waals surface area contributed by atoms with E-state index in [1.54, 1.807) is 0 Å². The van der Waals surface area contributed by atoms with Gasteiger partial charge in [-0.25, -0.2) is 0 Å². The lowest BCUT2D eigenvalue weighted by molar-refractivity contribution is -0.133. The zero-order valence-electron chi connectivity index (χ0n) is 15.6. The number of carbonyl (C=O) groups excluding carboxylic acids is 1. The van der Waals surface area contributed by atoms with E-state index in [0.717, 1.165) is 39.1 Å². The van der Waals surface area contributed by atoms with Crippen LogP contribution < -0.4 is 4.90 Å². The van der Waals surface area contributed by atoms with Gasteiger partial charge in [-0.05, 0) is 43.7 Å². The van der Waals surface area contributed by atoms with Gasteiger partial charge in [-0.2, -0.15) is 0 Å². The zero-order chi connectivity index (χ0) is 17.9. The first-order valence-corrected chi connectivity index (χ1v) is 9.65. The van der Waals surface area contributed by atoms with Gasteiger partial charge in [0.15, 0.2) is 0 Å². The van der Waals surface area contributed by atoms with Gasteiger partial charge in [-0.3, -0.25) is 9.69 Å². The maximum Gasteiger partial charge on any atom is 0.236 e. The fourth-order valence-electron chi connectivity index (χ4n) is 4.30. The predicted octanol–water partition coefficient (Wildman–Crippen LogP) is 2.51. The summed E-state index contributed by atoms with van der Waals surface area (Å²) < 4.78 is 2.19. The minimum absolute atomic E-state index is 0.277. The molecule has 0 spiro atoms. The van der Waals surface area contributed by atoms with Gasteiger partial charge in [-0.1, -0.05) is 18.2 Å². The van der Waals surface area contributed by atoms with Crippen molar-refractivity contribution < 1.29 is 4.79 Å². The molecule has 2 fully saturated rings. The lowest BCUT2D eigenvalue weighted by Crippen LogP contribution is -2.51. The number of rotatable bonds is 4. The molecule has 5 heteroatoms. The Morgan fingerprint density at radius 2 is 1.77 bits per heavy atom. The summed E-state index contributed by atoms with van der Waals surface area (Å²) in [6.45, 7) is 5.02. The fraction of sp³-hybridized carbons (Fsp3) is 0.476. The Bertz CT molecular complexity index is 733. The molecule has 138 valence electrons. The molecule has 26 heavy (non-hydrogen) atoms. The summed E-state index contributed by atoms with van der Waals surface area (Å²) in [5.41, 5.74) is 2.58. The molecule has 0 N–H and O–H groups in total. The molecule has 3 heterocycles. The maximum atomic E-state index is 12.9. The average Bonchev–Trinajstić information content (AvgIpc) is 3.31. The molecule has 2 saturated heterocycles. The topological polar surface area (TPSA) is 31.7 Å². The van der Waals surface area contributed by atoms with E-state index in [4.69, 9.17) is 0 Å². The minimum atomic E-state index is 0.277. The third-order valence-corrected chi connectivity index (χ3v) is 5.78. The Labute approximate surface area is 155 Å². The van der Waals surface area contributed by atoms with Crippen LogP contribution in [0.2, 0.25) is 0 Å². The van der Waals surface area contributed by atoms with Gasteiger partial charge in [-0.15, -0.1) is 0 Å². The number of aryl methyl sites for hydroxylation is 1. The molecular weight excluding hydrogens is 324 g/mol. The van der Waals surface area contributed by atoms with E-state index in [1.165, 1.54) is 17.8 Å². The van der Waals surface area contributed by atoms with Gasteiger partial charge in [0.25, 0.3) is 0 Å². The number of aromatic nitrogens is 1. The van der Waals surface area contributed by atoms with Gasteiger partial charge in [0.05, 0.1) is 12.6 Å². The molecule has 0 bridgehead atoms. The second-order valence-corrected chi connectivity index (χ2v) is 7.38. The van der Waals surface area contributed by atoms with Crippen LogP contribution in [0.3, 0.4) is 0 Å². The first-order chi connectivity index (χ1) is 12.7. The van der Waals surface area contributed by atoms with Crippen molar-refractivity contribution in [1.82, 2.24) is 14.4 Å². The molecule has 2 aliphatic rings. The lowest BCUT2D eigenvalue weighted by atomic mass is 10.1. The zero-order valence-corrected chi connectivity index (χ0v) is 15.6. The monoisotopic (exact) mass is 352 g/mol. The second kappa shape index (κ2) is 7.54. The average molecular weight is 352 g/mol. The molecule has 1 atom stereocenters. The number of piperazine rings is 1. The van der Waals surface area contributed by atoms with E-state index < -0.39 is 0 Å². The van der Waals surface area contributed by atoms with Crippen molar-refractivity contribution in [2.24, 2.45) is 7.05 Å². The number of anilines is 1. The van der Waals surface area contributed by atoms with E-state index >= 15 is 0 Å². The van der Waals surface area contributed by atoms with Crippen molar-refractivity contribution in [2.45, 2.75) is 18.9 Å². The fourth-order valence-corrected chi connectivity index (χ4v) is 4.30. The third kappa shape index (κ3) is 3.49. The molecule has 0 saturated carbocycles. The van der Waals surface area contributed by atoms with E-state index in [-0.39, 0.29) is 5.91 Å². The minimum Gasteiger partial charge on any atom is -0.368 e. The van der Waals surface area contributed by atoms with E-state index in [2.05, 4.69) is 64.0 Å². The highest BCUT2D eigenvalue weighted by Gasteiger charge is 2.31. The Balaban J connectivity index is 1.33. The number of likely N-dealkylation sites (tertiary alicyclic amines) is 1. The second-order valence-electron chi connectivity index (χ2n) is 7.38. The van der Waals surface area contributed by atoms with Gasteiger partial charge in [0, 0.05) is 50.8 Å². The molecule has 0 radical (unpaired) electrons. The summed E-state index contributed by atoms with van der Waals surface area (Å²) in [7, 11) is 2.09. The van der Waals surface area contributed by atoms with Crippen LogP contribution in [0, 0.1) is 0 Å². The Hall–Kier alpha value is -2.27. The third-order valence-electron chi connectivity index (χ3n) is 5.78. The number of hydrogen-bond acceptors (Lipinski definition) is 3. The van der Waals surface area contributed by atoms with Crippen LogP contribution in [0.1, 0.15) is 24.6 Å². The number of carbonyl (C=O) groups is 1. The Morgan fingerprint density at radius 3 is 2.46 bits per heavy atom. The number of nitrogens with zero attached hydrogens (tertiary/aromatic N) is 4. The normalized spacial score (nSPS) is 21.3. The molecule has 0 aliphatic carbocycles. The van der Waals surface area contributed by atoms with Crippen LogP contribution in [0.5, 0.6) is 0 Å². The smallest absolute Gasteiger partial charge is 0.236 e. The number of benzene rings is 1. The highest BCUT2D eigenvalue weighted by molar-refractivity contribution is 5.78. The van der Waals surface area contributed by atoms with Crippen molar-refractivity contribution in [1.29, 1.82) is 0 Å². The SMILES string of the molecule is Cn1cccc1[C@@H]1CCCN1CC(=O)N1CCN(c2ccccc2)CC1. The Kier molecular flexibility index (Phi) is 4.98. The van der Waals surface area contributed by atoms with E-state index in [0.29, 0.717) is 12.6 Å². The van der Waals surface area contributed by atoms with Crippen molar-refractivity contribution in [3.63, 3.8) is 0 Å². The highest BCUT2D eigenvalue weighted by Crippen LogP contribution is 2.31. The maximum absolute atomic E-state index is 12.9. The lowest BCUT2D eigenvalue weighted by Gasteiger charge is -2.37. The summed E-state index contributed by atoms with van der Waals surface area (Å²) in [6, 6.07) is 15.1. The molecule has 1 aromatic carbocycles. The molecule has 1 amide bonds. The molecule has 2 aliphatic heterocycles. The largest absolute Gasteiger partial charge is 0.368 e. The molecule has 4 rings (SSSR count). The number of para-hydroxylation sites is 1. The van der Waals surface area contributed by atoms with Crippen molar-refractivity contribution >= 4 is 11.6 Å². The molecular formula is C21H28N4O. The van der Waals surface area contributed by atoms with Crippen LogP contribution in [0.4, 0.5) is 5.69 Å². The Morgan fingerprint density at radius 1 is 1.00 bits per heavy atom. The van der Waals surface area contributed by atoms with Crippen molar-refractivity contribution in [2.75, 3.05) is 44.2 Å². The summed E-state index contributed by atoms with van der Waals surface area (Å²) in [6.07, 6.45) is 4.41. The van der Waals surface area contributed by atoms with E-state index in [9.17, 15) is 4.79 Å². The van der Waals surface area contributed by atoms with Crippen LogP contribution in [0.15, 0.2) is 48.7 Å². The first-order valence-electron chi connectivity index (χ1n) is 9.65. The summed E-state index contributed by atoms with van der Waals surface area (Å²) >= 11 is 0. The van der Waals surface area contributed by atoms with Crippen molar-refractivity contribution in [3.05, 3.63) is 54.4 Å². The molecule has 5 nitrogen and oxygen atoms in total. The quantitative estimate of drug-likeness (QED) is 0.847. The summed E-state index contributed by atoms with van der Waals surface area (Å²) in [5, 5.41) is 0. The molecule has 2 aromatic rings. The number of hydrogen-bond donors (Lipinski definition) is 0.